The second kappa shape index (κ2) is 7.09. The van der Waals surface area contributed by atoms with Gasteiger partial charge in [-0.25, -0.2) is 0 Å². The molecular formula is C22H22. The predicted octanol–water partition coefficient (Wildman–Crippen LogP) is 6.36. The van der Waals surface area contributed by atoms with Crippen LogP contribution in [-0.4, -0.2) is 0 Å². The summed E-state index contributed by atoms with van der Waals surface area (Å²) in [5.74, 6) is 0. The Morgan fingerprint density at radius 2 is 1.18 bits per heavy atom. The van der Waals surface area contributed by atoms with E-state index in [0.717, 1.165) is 6.42 Å². The lowest BCUT2D eigenvalue weighted by molar-refractivity contribution is 0.796. The van der Waals surface area contributed by atoms with Gasteiger partial charge in [0.25, 0.3) is 0 Å². The second-order valence-corrected chi connectivity index (χ2v) is 5.70. The first-order valence-corrected chi connectivity index (χ1v) is 8.12. The summed E-state index contributed by atoms with van der Waals surface area (Å²) in [6.07, 6.45) is 3.65. The highest BCUT2D eigenvalue weighted by Crippen LogP contribution is 2.28. The highest BCUT2D eigenvalue weighted by Gasteiger charge is 2.05. The van der Waals surface area contributed by atoms with Crippen molar-refractivity contribution < 1.29 is 0 Å². The fourth-order valence-corrected chi connectivity index (χ4v) is 2.86. The van der Waals surface area contributed by atoms with E-state index >= 15 is 0 Å². The van der Waals surface area contributed by atoms with Crippen molar-refractivity contribution in [2.24, 2.45) is 0 Å². The zero-order chi connectivity index (χ0) is 15.2. The van der Waals surface area contributed by atoms with Gasteiger partial charge in [0.1, 0.15) is 0 Å². The fourth-order valence-electron chi connectivity index (χ4n) is 2.86. The number of aryl methyl sites for hydroxylation is 1. The molecular weight excluding hydrogens is 264 g/mol. The van der Waals surface area contributed by atoms with Crippen LogP contribution in [0.15, 0.2) is 78.9 Å². The van der Waals surface area contributed by atoms with Crippen LogP contribution in [0.1, 0.15) is 25.3 Å². The van der Waals surface area contributed by atoms with Crippen molar-refractivity contribution in [1.82, 2.24) is 0 Å². The molecule has 0 saturated heterocycles. The summed E-state index contributed by atoms with van der Waals surface area (Å²) in [6.45, 7) is 2.25. The Balaban J connectivity index is 1.90. The lowest BCUT2D eigenvalue weighted by Crippen LogP contribution is -1.90. The SMILES string of the molecule is CCCCc1ccccc1-c1ccc(-c2ccccc2)cc1. The van der Waals surface area contributed by atoms with E-state index in [4.69, 9.17) is 0 Å². The van der Waals surface area contributed by atoms with Gasteiger partial charge in [-0.15, -0.1) is 0 Å². The molecule has 0 heteroatoms. The molecule has 3 rings (SSSR count). The maximum atomic E-state index is 2.26. The minimum Gasteiger partial charge on any atom is -0.0654 e. The van der Waals surface area contributed by atoms with Gasteiger partial charge < -0.3 is 0 Å². The standard InChI is InChI=1S/C22H22/c1-2-3-9-20-12-7-8-13-22(20)21-16-14-19(15-17-21)18-10-5-4-6-11-18/h4-8,10-17H,2-3,9H2,1H3. The molecule has 0 nitrogen and oxygen atoms in total. The third-order valence-corrected chi connectivity index (χ3v) is 4.12. The third kappa shape index (κ3) is 3.28. The Morgan fingerprint density at radius 3 is 1.91 bits per heavy atom. The number of hydrogen-bond acceptors (Lipinski definition) is 0. The zero-order valence-electron chi connectivity index (χ0n) is 13.1. The minimum absolute atomic E-state index is 1.16. The summed E-state index contributed by atoms with van der Waals surface area (Å²) >= 11 is 0. The van der Waals surface area contributed by atoms with Crippen LogP contribution in [0, 0.1) is 0 Å². The molecule has 0 radical (unpaired) electrons. The molecule has 0 fully saturated rings. The molecule has 0 aliphatic heterocycles. The molecule has 0 N–H and O–H groups in total. The van der Waals surface area contributed by atoms with E-state index in [0.29, 0.717) is 0 Å². The first-order chi connectivity index (χ1) is 10.9. The fraction of sp³-hybridized carbons (Fsp3) is 0.182. The molecule has 0 aliphatic carbocycles. The molecule has 0 aliphatic rings. The van der Waals surface area contributed by atoms with Crippen LogP contribution in [-0.2, 0) is 6.42 Å². The maximum absolute atomic E-state index is 2.26. The highest BCUT2D eigenvalue weighted by molar-refractivity contribution is 5.72. The van der Waals surface area contributed by atoms with E-state index in [1.165, 1.54) is 40.7 Å². The summed E-state index contributed by atoms with van der Waals surface area (Å²) in [4.78, 5) is 0. The van der Waals surface area contributed by atoms with Crippen molar-refractivity contribution in [2.75, 3.05) is 0 Å². The molecule has 3 aromatic carbocycles. The smallest absolute Gasteiger partial charge is 0.0152 e. The Hall–Kier alpha value is -2.34. The Bertz CT molecular complexity index is 709. The quantitative estimate of drug-likeness (QED) is 0.511. The van der Waals surface area contributed by atoms with Crippen LogP contribution in [0.3, 0.4) is 0 Å². The van der Waals surface area contributed by atoms with Gasteiger partial charge in [-0.05, 0) is 40.7 Å². The molecule has 0 heterocycles. The summed E-state index contributed by atoms with van der Waals surface area (Å²) in [6, 6.07) is 28.3. The van der Waals surface area contributed by atoms with Gasteiger partial charge >= 0.3 is 0 Å². The molecule has 0 aromatic heterocycles. The van der Waals surface area contributed by atoms with Crippen molar-refractivity contribution in [3.63, 3.8) is 0 Å². The van der Waals surface area contributed by atoms with Crippen LogP contribution < -0.4 is 0 Å². The van der Waals surface area contributed by atoms with Crippen molar-refractivity contribution in [3.05, 3.63) is 84.4 Å². The Labute approximate surface area is 133 Å². The summed E-state index contributed by atoms with van der Waals surface area (Å²) in [5, 5.41) is 0. The average molecular weight is 286 g/mol. The molecule has 0 spiro atoms. The van der Waals surface area contributed by atoms with Gasteiger partial charge in [0.2, 0.25) is 0 Å². The van der Waals surface area contributed by atoms with Gasteiger partial charge in [-0.1, -0.05) is 92.2 Å². The van der Waals surface area contributed by atoms with Crippen LogP contribution >= 0.6 is 0 Å². The Kier molecular flexibility index (Phi) is 4.70. The third-order valence-electron chi connectivity index (χ3n) is 4.12. The molecule has 3 aromatic rings. The molecule has 110 valence electrons. The number of hydrogen-bond donors (Lipinski definition) is 0. The summed E-state index contributed by atoms with van der Waals surface area (Å²) < 4.78 is 0. The van der Waals surface area contributed by atoms with E-state index in [9.17, 15) is 0 Å². The molecule has 0 saturated carbocycles. The Morgan fingerprint density at radius 1 is 0.591 bits per heavy atom. The highest BCUT2D eigenvalue weighted by atomic mass is 14.1. The maximum Gasteiger partial charge on any atom is -0.0152 e. The molecule has 0 unspecified atom stereocenters. The van der Waals surface area contributed by atoms with Gasteiger partial charge in [-0.3, -0.25) is 0 Å². The van der Waals surface area contributed by atoms with E-state index in [-0.39, 0.29) is 0 Å². The van der Waals surface area contributed by atoms with Gasteiger partial charge in [-0.2, -0.15) is 0 Å². The van der Waals surface area contributed by atoms with E-state index in [1.54, 1.807) is 0 Å². The van der Waals surface area contributed by atoms with Crippen LogP contribution in [0.5, 0.6) is 0 Å². The van der Waals surface area contributed by atoms with Crippen LogP contribution in [0.2, 0.25) is 0 Å². The lowest BCUT2D eigenvalue weighted by Gasteiger charge is -2.10. The number of unbranched alkanes of at least 4 members (excludes halogenated alkanes) is 1. The largest absolute Gasteiger partial charge is 0.0654 e. The minimum atomic E-state index is 1.16. The van der Waals surface area contributed by atoms with Crippen LogP contribution in [0.4, 0.5) is 0 Å². The topological polar surface area (TPSA) is 0 Å². The van der Waals surface area contributed by atoms with Gasteiger partial charge in [0.05, 0.1) is 0 Å². The van der Waals surface area contributed by atoms with Crippen molar-refractivity contribution in [3.8, 4) is 22.3 Å². The molecule has 0 atom stereocenters. The molecule has 22 heavy (non-hydrogen) atoms. The summed E-state index contributed by atoms with van der Waals surface area (Å²) in [7, 11) is 0. The number of benzene rings is 3. The zero-order valence-corrected chi connectivity index (χ0v) is 13.1. The molecule has 0 amide bonds. The first kappa shape index (κ1) is 14.6. The van der Waals surface area contributed by atoms with E-state index in [2.05, 4.69) is 85.8 Å². The molecule has 0 bridgehead atoms. The van der Waals surface area contributed by atoms with Gasteiger partial charge in [0, 0.05) is 0 Å². The van der Waals surface area contributed by atoms with Gasteiger partial charge in [0.15, 0.2) is 0 Å². The van der Waals surface area contributed by atoms with Crippen molar-refractivity contribution >= 4 is 0 Å². The first-order valence-electron chi connectivity index (χ1n) is 8.12. The van der Waals surface area contributed by atoms with E-state index in [1.807, 2.05) is 0 Å². The normalized spacial score (nSPS) is 10.6. The van der Waals surface area contributed by atoms with Crippen molar-refractivity contribution in [1.29, 1.82) is 0 Å². The van der Waals surface area contributed by atoms with Crippen molar-refractivity contribution in [2.45, 2.75) is 26.2 Å². The summed E-state index contributed by atoms with van der Waals surface area (Å²) in [5.41, 5.74) is 6.68. The van der Waals surface area contributed by atoms with Crippen LogP contribution in [0.25, 0.3) is 22.3 Å². The number of rotatable bonds is 5. The average Bonchev–Trinajstić information content (AvgIpc) is 2.61. The second-order valence-electron chi connectivity index (χ2n) is 5.70. The lowest BCUT2D eigenvalue weighted by atomic mass is 9.95. The monoisotopic (exact) mass is 286 g/mol. The van der Waals surface area contributed by atoms with E-state index < -0.39 is 0 Å². The predicted molar refractivity (Wildman–Crippen MR) is 95.9 cm³/mol.